The van der Waals surface area contributed by atoms with Gasteiger partial charge in [0.25, 0.3) is 0 Å². The Morgan fingerprint density at radius 1 is 0.732 bits per heavy atom. The van der Waals surface area contributed by atoms with Gasteiger partial charge in [0.15, 0.2) is 0 Å². The molecule has 4 heteroatoms. The van der Waals surface area contributed by atoms with Gasteiger partial charge < -0.3 is 0 Å². The summed E-state index contributed by atoms with van der Waals surface area (Å²) in [5, 5.41) is 3.94. The summed E-state index contributed by atoms with van der Waals surface area (Å²) in [7, 11) is 0. The quantitative estimate of drug-likeness (QED) is 0.215. The Balaban J connectivity index is 1.44. The molecule has 0 bridgehead atoms. The molecule has 0 unspecified atom stereocenters. The fraction of sp³-hybridized carbons (Fsp3) is 0.0811. The third kappa shape index (κ3) is 3.03. The van der Waals surface area contributed by atoms with Crippen molar-refractivity contribution in [3.05, 3.63) is 126 Å². The highest BCUT2D eigenvalue weighted by atomic mass is 32.1. The molecule has 0 atom stereocenters. The van der Waals surface area contributed by atoms with E-state index in [2.05, 4.69) is 66.9 Å². The first-order chi connectivity index (χ1) is 22.2. The molecule has 0 radical (unpaired) electrons. The highest BCUT2D eigenvalue weighted by Crippen LogP contribution is 2.56. The molecule has 0 spiro atoms. The van der Waals surface area contributed by atoms with Crippen molar-refractivity contribution >= 4 is 54.1 Å². The van der Waals surface area contributed by atoms with Crippen LogP contribution >= 0.6 is 11.3 Å². The average Bonchev–Trinajstić information content (AvgIpc) is 3.69. The van der Waals surface area contributed by atoms with E-state index in [1.54, 1.807) is 0 Å². The topological polar surface area (TPSA) is 30.7 Å². The summed E-state index contributed by atoms with van der Waals surface area (Å²) in [5.41, 5.74) is 6.64. The lowest BCUT2D eigenvalue weighted by Gasteiger charge is -2.19. The van der Waals surface area contributed by atoms with Crippen LogP contribution in [0.3, 0.4) is 0 Å². The molecule has 3 heterocycles. The largest absolute Gasteiger partial charge is 0.276 e. The Bertz CT molecular complexity index is 2610. The average molecular weight is 549 g/mol. The summed E-state index contributed by atoms with van der Waals surface area (Å²) < 4.78 is 45.7. The van der Waals surface area contributed by atoms with Gasteiger partial charge in [-0.05, 0) is 23.3 Å². The summed E-state index contributed by atoms with van der Waals surface area (Å²) in [6.07, 6.45) is 0. The molecule has 0 aliphatic heterocycles. The molecule has 0 saturated carbocycles. The predicted molar refractivity (Wildman–Crippen MR) is 172 cm³/mol. The normalized spacial score (nSPS) is 15.5. The third-order valence-corrected chi connectivity index (χ3v) is 9.99. The van der Waals surface area contributed by atoms with Crippen LogP contribution in [-0.2, 0) is 5.41 Å². The first kappa shape index (κ1) is 18.5. The summed E-state index contributed by atoms with van der Waals surface area (Å²) in [6.45, 7) is 4.58. The number of nitrogens with zero attached hydrogens (tertiary/aromatic N) is 3. The van der Waals surface area contributed by atoms with Gasteiger partial charge >= 0.3 is 0 Å². The minimum atomic E-state index is -0.433. The van der Waals surface area contributed by atoms with Gasteiger partial charge in [-0.25, -0.2) is 9.97 Å². The number of thiophene rings is 1. The molecule has 1 aliphatic carbocycles. The molecular formula is C37H25N3S. The lowest BCUT2D eigenvalue weighted by Crippen LogP contribution is -2.13. The maximum absolute atomic E-state index is 8.78. The molecule has 0 saturated heterocycles. The Hall–Kier alpha value is -4.80. The van der Waals surface area contributed by atoms with Crippen LogP contribution in [0.1, 0.15) is 31.1 Å². The fourth-order valence-electron chi connectivity index (χ4n) is 6.61. The van der Waals surface area contributed by atoms with Crippen molar-refractivity contribution in [3.8, 4) is 28.3 Å². The zero-order valence-electron chi connectivity index (χ0n) is 27.3. The Morgan fingerprint density at radius 3 is 2.34 bits per heavy atom. The van der Waals surface area contributed by atoms with Crippen LogP contribution in [0.25, 0.3) is 71.1 Å². The van der Waals surface area contributed by atoms with Crippen LogP contribution in [0.4, 0.5) is 0 Å². The van der Waals surface area contributed by atoms with E-state index in [1.165, 1.54) is 27.0 Å². The molecule has 3 aromatic heterocycles. The Kier molecular flexibility index (Phi) is 3.67. The molecule has 1 aliphatic rings. The molecule has 194 valence electrons. The first-order valence-corrected chi connectivity index (χ1v) is 14.4. The standard InChI is InChI=1S/C37H25N3S/c1-37(2)28-17-9-6-15-25(28)31-27-21-20-24-23-14-8-11-19-30(23)40(33(24)34(27)41-35(31)37)36-38-29-18-10-7-16-26(29)32(39-36)22-12-4-3-5-13-22/h3-21H,1-2H3/i3D,4D,5D,12D,13D. The predicted octanol–water partition coefficient (Wildman–Crippen LogP) is 9.91. The van der Waals surface area contributed by atoms with E-state index in [0.29, 0.717) is 22.5 Å². The van der Waals surface area contributed by atoms with E-state index in [1.807, 2.05) is 47.7 Å². The second-order valence-electron chi connectivity index (χ2n) is 11.1. The zero-order chi connectivity index (χ0) is 31.6. The summed E-state index contributed by atoms with van der Waals surface area (Å²) in [5.74, 6) is 0.382. The van der Waals surface area contributed by atoms with E-state index >= 15 is 0 Å². The van der Waals surface area contributed by atoms with Crippen LogP contribution in [0, 0.1) is 0 Å². The van der Waals surface area contributed by atoms with Gasteiger partial charge in [0.1, 0.15) is 0 Å². The van der Waals surface area contributed by atoms with Crippen LogP contribution in [0.15, 0.2) is 115 Å². The lowest BCUT2D eigenvalue weighted by atomic mass is 9.87. The smallest absolute Gasteiger partial charge is 0.235 e. The van der Waals surface area contributed by atoms with Crippen LogP contribution < -0.4 is 0 Å². The summed E-state index contributed by atoms with van der Waals surface area (Å²) in [6, 6.07) is 26.9. The van der Waals surface area contributed by atoms with Crippen LogP contribution in [0.2, 0.25) is 0 Å². The Morgan fingerprint density at radius 2 is 1.46 bits per heavy atom. The van der Waals surface area contributed by atoms with E-state index in [4.69, 9.17) is 16.8 Å². The lowest BCUT2D eigenvalue weighted by molar-refractivity contribution is 0.674. The number of para-hydroxylation sites is 2. The van der Waals surface area contributed by atoms with Crippen molar-refractivity contribution in [1.29, 1.82) is 0 Å². The molecule has 3 nitrogen and oxygen atoms in total. The van der Waals surface area contributed by atoms with Crippen molar-refractivity contribution in [1.82, 2.24) is 14.5 Å². The Labute approximate surface area is 248 Å². The second-order valence-corrected chi connectivity index (χ2v) is 12.1. The second kappa shape index (κ2) is 8.12. The molecule has 41 heavy (non-hydrogen) atoms. The third-order valence-electron chi connectivity index (χ3n) is 8.46. The van der Waals surface area contributed by atoms with E-state index in [9.17, 15) is 0 Å². The molecule has 8 aromatic rings. The van der Waals surface area contributed by atoms with Gasteiger partial charge in [0.05, 0.1) is 33.8 Å². The minimum Gasteiger partial charge on any atom is -0.276 e. The van der Waals surface area contributed by atoms with Crippen LogP contribution in [0.5, 0.6) is 0 Å². The number of benzene rings is 5. The number of rotatable bonds is 2. The van der Waals surface area contributed by atoms with Gasteiger partial charge in [-0.1, -0.05) is 117 Å². The number of hydrogen-bond donors (Lipinski definition) is 0. The minimum absolute atomic E-state index is 0.0604. The van der Waals surface area contributed by atoms with Crippen molar-refractivity contribution in [2.24, 2.45) is 0 Å². The van der Waals surface area contributed by atoms with Crippen molar-refractivity contribution in [2.45, 2.75) is 19.3 Å². The molecular weight excluding hydrogens is 518 g/mol. The highest BCUT2D eigenvalue weighted by molar-refractivity contribution is 7.21. The van der Waals surface area contributed by atoms with Gasteiger partial charge in [-0.3, -0.25) is 4.57 Å². The van der Waals surface area contributed by atoms with Crippen molar-refractivity contribution < 1.29 is 6.85 Å². The fourth-order valence-corrected chi connectivity index (χ4v) is 8.08. The van der Waals surface area contributed by atoms with Gasteiger partial charge in [0, 0.05) is 43.0 Å². The molecule has 0 N–H and O–H groups in total. The molecule has 0 amide bonds. The van der Waals surface area contributed by atoms with Crippen molar-refractivity contribution in [2.75, 3.05) is 0 Å². The maximum atomic E-state index is 8.78. The summed E-state index contributed by atoms with van der Waals surface area (Å²) >= 11 is 1.81. The summed E-state index contributed by atoms with van der Waals surface area (Å²) in [4.78, 5) is 11.5. The maximum Gasteiger partial charge on any atom is 0.235 e. The number of hydrogen-bond acceptors (Lipinski definition) is 3. The molecule has 9 rings (SSSR count). The van der Waals surface area contributed by atoms with E-state index < -0.39 is 18.1 Å². The van der Waals surface area contributed by atoms with E-state index in [0.717, 1.165) is 26.5 Å². The highest BCUT2D eigenvalue weighted by Gasteiger charge is 2.39. The first-order valence-electron chi connectivity index (χ1n) is 16.1. The molecule has 5 aromatic carbocycles. The molecule has 0 fully saturated rings. The SMILES string of the molecule is [2H]c1c([2H])c([2H])c(-c2nc(-n3c4ccccc4c4ccc5c6c(sc5c43)C(C)(C)c3ccccc3-6)nc3ccccc23)c([2H])c1[2H]. The monoisotopic (exact) mass is 548 g/mol. The number of fused-ring (bicyclic) bond motifs is 10. The van der Waals surface area contributed by atoms with E-state index in [-0.39, 0.29) is 23.1 Å². The van der Waals surface area contributed by atoms with Gasteiger partial charge in [0.2, 0.25) is 5.95 Å². The van der Waals surface area contributed by atoms with Crippen molar-refractivity contribution in [3.63, 3.8) is 0 Å². The van der Waals surface area contributed by atoms with Crippen LogP contribution in [-0.4, -0.2) is 14.5 Å². The zero-order valence-corrected chi connectivity index (χ0v) is 23.1. The number of aromatic nitrogens is 3. The van der Waals surface area contributed by atoms with Gasteiger partial charge in [-0.2, -0.15) is 0 Å². The van der Waals surface area contributed by atoms with Gasteiger partial charge in [-0.15, -0.1) is 11.3 Å².